The normalized spacial score (nSPS) is 9.78. The van der Waals surface area contributed by atoms with Crippen molar-refractivity contribution in [2.75, 3.05) is 7.11 Å². The van der Waals surface area contributed by atoms with Crippen molar-refractivity contribution in [3.05, 3.63) is 5.53 Å². The highest BCUT2D eigenvalue weighted by Gasteiger charge is 2.23. The second-order valence-electron chi connectivity index (χ2n) is 1.12. The minimum Gasteiger partial charge on any atom is -0.357 e. The maximum atomic E-state index is 10.3. The van der Waals surface area contributed by atoms with E-state index in [0.29, 0.717) is 0 Å². The molecule has 0 rings (SSSR count). The molecular weight excluding hydrogens is 143 g/mol. The summed E-state index contributed by atoms with van der Waals surface area (Å²) in [4.78, 5) is 2.61. The summed E-state index contributed by atoms with van der Waals surface area (Å²) in [6.07, 6.45) is 0. The van der Waals surface area contributed by atoms with Crippen molar-refractivity contribution in [3.8, 4) is 0 Å². The van der Waals surface area contributed by atoms with Crippen molar-refractivity contribution >= 4 is 14.2 Å². The second-order valence-corrected chi connectivity index (χ2v) is 2.11. The Labute approximate surface area is 53.2 Å². The van der Waals surface area contributed by atoms with Gasteiger partial charge in [-0.15, -0.1) is 13.8 Å². The third-order valence-electron chi connectivity index (χ3n) is 0.497. The highest BCUT2D eigenvalue weighted by atomic mass is 31.1. The first kappa shape index (κ1) is 8.24. The minimum atomic E-state index is -2.16. The molecule has 0 spiro atoms. The van der Waals surface area contributed by atoms with E-state index >= 15 is 0 Å². The fraction of sp³-hybridized carbons (Fsp3) is 0.667. The molecule has 0 aromatic rings. The van der Waals surface area contributed by atoms with Gasteiger partial charge in [0.1, 0.15) is 0 Å². The molecule has 0 aromatic carbocycles. The number of hydrogen-bond acceptors (Lipinski definition) is 3. The van der Waals surface area contributed by atoms with Gasteiger partial charge in [0.2, 0.25) is 0 Å². The zero-order chi connectivity index (χ0) is 7.28. The Kier molecular flexibility index (Phi) is 3.80. The Bertz CT molecular complexity index is 162. The summed E-state index contributed by atoms with van der Waals surface area (Å²) in [5.41, 5.74) is 7.96. The predicted octanol–water partition coefficient (Wildman–Crippen LogP) is 0.955. The number of nitrogens with zero attached hydrogens (tertiary/aromatic N) is 2. The topological polar surface area (TPSA) is 71.9 Å². The third-order valence-corrected chi connectivity index (χ3v) is 1.21. The molecule has 0 heterocycles. The summed E-state index contributed by atoms with van der Waals surface area (Å²) in [6.45, 7) is 1.35. The van der Waals surface area contributed by atoms with Crippen molar-refractivity contribution < 1.29 is 18.4 Å². The van der Waals surface area contributed by atoms with E-state index in [1.807, 2.05) is 0 Å². The largest absolute Gasteiger partial charge is 0.756 e. The Balaban J connectivity index is 3.74. The van der Waals surface area contributed by atoms with Crippen molar-refractivity contribution in [2.24, 2.45) is 0 Å². The zero-order valence-corrected chi connectivity index (χ0v) is 5.96. The lowest BCUT2D eigenvalue weighted by molar-refractivity contribution is -0.0278. The summed E-state index contributed by atoms with van der Waals surface area (Å²) in [7, 11) is -0.939. The van der Waals surface area contributed by atoms with E-state index in [1.54, 1.807) is 0 Å². The van der Waals surface area contributed by atoms with Crippen molar-refractivity contribution in [3.63, 3.8) is 0 Å². The molecule has 6 heteroatoms. The van der Waals surface area contributed by atoms with Crippen molar-refractivity contribution in [1.82, 2.24) is 0 Å². The maximum absolute atomic E-state index is 10.3. The van der Waals surface area contributed by atoms with E-state index in [2.05, 4.69) is 13.8 Å². The molecule has 0 aromatic heterocycles. The van der Waals surface area contributed by atoms with E-state index in [4.69, 9.17) is 5.53 Å². The SMILES string of the molecule is CO[P+](=O)OC(C)=[N+]=[N-]. The van der Waals surface area contributed by atoms with Crippen LogP contribution in [0.2, 0.25) is 0 Å². The lowest BCUT2D eigenvalue weighted by Crippen LogP contribution is -1.92. The van der Waals surface area contributed by atoms with Crippen molar-refractivity contribution in [1.29, 1.82) is 0 Å². The van der Waals surface area contributed by atoms with Crippen molar-refractivity contribution in [2.45, 2.75) is 6.92 Å². The zero-order valence-electron chi connectivity index (χ0n) is 5.07. The van der Waals surface area contributed by atoms with Gasteiger partial charge >= 0.3 is 14.2 Å². The van der Waals surface area contributed by atoms with Crippen LogP contribution in [0.25, 0.3) is 5.53 Å². The molecule has 9 heavy (non-hydrogen) atoms. The smallest absolute Gasteiger partial charge is 0.357 e. The summed E-state index contributed by atoms with van der Waals surface area (Å²) >= 11 is 0. The van der Waals surface area contributed by atoms with Gasteiger partial charge < -0.3 is 5.53 Å². The molecule has 0 N–H and O–H groups in total. The van der Waals surface area contributed by atoms with Gasteiger partial charge in [0.15, 0.2) is 0 Å². The first-order valence-corrected chi connectivity index (χ1v) is 3.18. The average molecular weight is 149 g/mol. The van der Waals surface area contributed by atoms with Crippen LogP contribution in [-0.4, -0.2) is 17.8 Å². The Morgan fingerprint density at radius 2 is 2.33 bits per heavy atom. The van der Waals surface area contributed by atoms with Crippen LogP contribution in [-0.2, 0) is 13.6 Å². The highest BCUT2D eigenvalue weighted by Crippen LogP contribution is 2.20. The minimum absolute atomic E-state index is 0.0852. The lowest BCUT2D eigenvalue weighted by atomic mass is 10.8. The quantitative estimate of drug-likeness (QED) is 0.193. The predicted molar refractivity (Wildman–Crippen MR) is 30.0 cm³/mol. The van der Waals surface area contributed by atoms with E-state index in [9.17, 15) is 4.57 Å². The molecule has 50 valence electrons. The molecule has 1 unspecified atom stereocenters. The standard InChI is InChI=1S/C3H6N2O3P/c1-3(5-4)8-9(6)7-2/h1-2H3/q+1. The molecule has 0 fully saturated rings. The molecule has 0 aliphatic carbocycles. The average Bonchev–Trinajstić information content (AvgIpc) is 1.87. The van der Waals surface area contributed by atoms with Crippen LogP contribution in [0.15, 0.2) is 0 Å². The summed E-state index contributed by atoms with van der Waals surface area (Å²) in [5.74, 6) is -0.0852. The van der Waals surface area contributed by atoms with Crippen LogP contribution < -0.4 is 0 Å². The number of rotatable bonds is 2. The Morgan fingerprint density at radius 3 is 2.67 bits per heavy atom. The van der Waals surface area contributed by atoms with E-state index in [0.717, 1.165) is 0 Å². The molecule has 0 aliphatic rings. The molecule has 0 amide bonds. The summed E-state index contributed by atoms with van der Waals surface area (Å²) in [5, 5.41) is 0. The van der Waals surface area contributed by atoms with E-state index < -0.39 is 8.25 Å². The molecular formula is C3H6N2O3P+. The fourth-order valence-corrected chi connectivity index (χ4v) is 0.490. The van der Waals surface area contributed by atoms with Gasteiger partial charge in [-0.1, -0.05) is 0 Å². The molecule has 5 nitrogen and oxygen atoms in total. The van der Waals surface area contributed by atoms with Crippen LogP contribution in [0.5, 0.6) is 0 Å². The van der Waals surface area contributed by atoms with Gasteiger partial charge in [0, 0.05) is 4.57 Å². The third kappa shape index (κ3) is 3.79. The molecule has 0 bridgehead atoms. The fourth-order valence-electron chi connectivity index (χ4n) is 0.163. The molecule has 0 saturated heterocycles. The first-order valence-electron chi connectivity index (χ1n) is 2.08. The molecule has 0 aliphatic heterocycles. The Hall–Kier alpha value is -0.760. The van der Waals surface area contributed by atoms with Gasteiger partial charge in [0.05, 0.1) is 14.0 Å². The highest BCUT2D eigenvalue weighted by molar-refractivity contribution is 7.34. The van der Waals surface area contributed by atoms with Crippen LogP contribution in [0.4, 0.5) is 0 Å². The van der Waals surface area contributed by atoms with Gasteiger partial charge in [0.25, 0.3) is 0 Å². The van der Waals surface area contributed by atoms with Crippen LogP contribution in [0.3, 0.4) is 0 Å². The summed E-state index contributed by atoms with van der Waals surface area (Å²) in [6, 6.07) is 0. The van der Waals surface area contributed by atoms with Crippen LogP contribution >= 0.6 is 8.25 Å². The monoisotopic (exact) mass is 149 g/mol. The van der Waals surface area contributed by atoms with E-state index in [1.165, 1.54) is 14.0 Å². The maximum Gasteiger partial charge on any atom is 0.756 e. The first-order chi connectivity index (χ1) is 4.20. The van der Waals surface area contributed by atoms with Gasteiger partial charge in [-0.3, -0.25) is 0 Å². The van der Waals surface area contributed by atoms with Gasteiger partial charge in [-0.2, -0.15) is 0 Å². The molecule has 0 saturated carbocycles. The van der Waals surface area contributed by atoms with Gasteiger partial charge in [-0.25, -0.2) is 0 Å². The van der Waals surface area contributed by atoms with Crippen LogP contribution in [0.1, 0.15) is 6.92 Å². The summed E-state index contributed by atoms with van der Waals surface area (Å²) < 4.78 is 18.8. The molecule has 0 radical (unpaired) electrons. The molecule has 1 atom stereocenters. The second kappa shape index (κ2) is 4.15. The Morgan fingerprint density at radius 1 is 1.78 bits per heavy atom. The number of hydrogen-bond donors (Lipinski definition) is 0. The van der Waals surface area contributed by atoms with Gasteiger partial charge in [-0.05, 0) is 0 Å². The lowest BCUT2D eigenvalue weighted by Gasteiger charge is -1.73. The van der Waals surface area contributed by atoms with E-state index in [-0.39, 0.29) is 5.90 Å². The van der Waals surface area contributed by atoms with Crippen LogP contribution in [0, 0.1) is 0 Å².